The van der Waals surface area contributed by atoms with Gasteiger partial charge in [0.05, 0.1) is 0 Å². The van der Waals surface area contributed by atoms with Gasteiger partial charge in [-0.3, -0.25) is 4.90 Å². The first-order chi connectivity index (χ1) is 7.93. The topological polar surface area (TPSA) is 15.3 Å². The van der Waals surface area contributed by atoms with Crippen LogP contribution in [-0.4, -0.2) is 48.1 Å². The average molecular weight is 240 g/mol. The van der Waals surface area contributed by atoms with Crippen LogP contribution in [0.15, 0.2) is 0 Å². The molecule has 0 aromatic rings. The predicted molar refractivity (Wildman–Crippen MR) is 71.1 cm³/mol. The third-order valence-corrected chi connectivity index (χ3v) is 5.72. The fourth-order valence-corrected chi connectivity index (χ4v) is 4.88. The van der Waals surface area contributed by atoms with E-state index in [1.807, 2.05) is 0 Å². The van der Waals surface area contributed by atoms with Gasteiger partial charge in [-0.05, 0) is 56.9 Å². The summed E-state index contributed by atoms with van der Waals surface area (Å²) < 4.78 is 0. The Bertz CT molecular complexity index is 200. The Morgan fingerprint density at radius 1 is 1.12 bits per heavy atom. The summed E-state index contributed by atoms with van der Waals surface area (Å²) in [5.74, 6) is 3.74. The van der Waals surface area contributed by atoms with Crippen molar-refractivity contribution in [3.8, 4) is 0 Å². The first kappa shape index (κ1) is 11.4. The molecule has 2 nitrogen and oxygen atoms in total. The molecule has 0 aromatic carbocycles. The summed E-state index contributed by atoms with van der Waals surface area (Å²) in [6.07, 6.45) is 7.17. The number of piperidine rings is 1. The summed E-state index contributed by atoms with van der Waals surface area (Å²) in [7, 11) is 0. The molecule has 0 aliphatic carbocycles. The molecular weight excluding hydrogens is 216 g/mol. The highest BCUT2D eigenvalue weighted by atomic mass is 32.2. The first-order valence-corrected chi connectivity index (χ1v) is 8.14. The van der Waals surface area contributed by atoms with Crippen LogP contribution in [0, 0.1) is 5.92 Å². The lowest BCUT2D eigenvalue weighted by molar-refractivity contribution is 0.117. The van der Waals surface area contributed by atoms with Crippen LogP contribution < -0.4 is 5.32 Å². The smallest absolute Gasteiger partial charge is 0.0194 e. The Labute approximate surface area is 104 Å². The standard InChI is InChI=1S/C13H24N2S/c1-4-13(14-6-1)11-3-2-7-15(9-11)12-5-8-16-10-12/h11-14H,1-10H2. The van der Waals surface area contributed by atoms with Gasteiger partial charge in [-0.15, -0.1) is 0 Å². The van der Waals surface area contributed by atoms with Gasteiger partial charge >= 0.3 is 0 Å². The number of nitrogens with zero attached hydrogens (tertiary/aromatic N) is 1. The molecule has 0 saturated carbocycles. The zero-order valence-electron chi connectivity index (χ0n) is 10.2. The van der Waals surface area contributed by atoms with Gasteiger partial charge in [-0.1, -0.05) is 0 Å². The zero-order valence-corrected chi connectivity index (χ0v) is 11.0. The third-order valence-electron chi connectivity index (χ3n) is 4.58. The molecule has 16 heavy (non-hydrogen) atoms. The molecule has 3 unspecified atom stereocenters. The summed E-state index contributed by atoms with van der Waals surface area (Å²) in [6, 6.07) is 1.76. The third kappa shape index (κ3) is 2.41. The molecule has 3 saturated heterocycles. The van der Waals surface area contributed by atoms with E-state index in [4.69, 9.17) is 0 Å². The fourth-order valence-electron chi connectivity index (χ4n) is 3.62. The van der Waals surface area contributed by atoms with Gasteiger partial charge < -0.3 is 5.32 Å². The van der Waals surface area contributed by atoms with Crippen molar-refractivity contribution in [3.63, 3.8) is 0 Å². The highest BCUT2D eigenvalue weighted by Crippen LogP contribution is 2.29. The number of thioether (sulfide) groups is 1. The van der Waals surface area contributed by atoms with E-state index in [-0.39, 0.29) is 0 Å². The van der Waals surface area contributed by atoms with E-state index >= 15 is 0 Å². The van der Waals surface area contributed by atoms with Crippen molar-refractivity contribution in [1.29, 1.82) is 0 Å². The van der Waals surface area contributed by atoms with Gasteiger partial charge in [0, 0.05) is 24.4 Å². The van der Waals surface area contributed by atoms with E-state index in [0.717, 1.165) is 18.0 Å². The molecule has 3 aliphatic rings. The lowest BCUT2D eigenvalue weighted by atomic mass is 9.89. The van der Waals surface area contributed by atoms with Crippen molar-refractivity contribution in [2.24, 2.45) is 5.92 Å². The SMILES string of the molecule is C1CNC(C2CCCN(C3CCSC3)C2)C1. The van der Waals surface area contributed by atoms with Crippen molar-refractivity contribution in [2.45, 2.75) is 44.2 Å². The highest BCUT2D eigenvalue weighted by molar-refractivity contribution is 7.99. The van der Waals surface area contributed by atoms with Crippen LogP contribution in [-0.2, 0) is 0 Å². The molecular formula is C13H24N2S. The normalized spacial score (nSPS) is 41.6. The molecule has 0 spiro atoms. The minimum atomic E-state index is 0.844. The van der Waals surface area contributed by atoms with Crippen LogP contribution in [0.25, 0.3) is 0 Å². The fraction of sp³-hybridized carbons (Fsp3) is 1.00. The molecule has 3 rings (SSSR count). The minimum absolute atomic E-state index is 0.844. The van der Waals surface area contributed by atoms with E-state index in [2.05, 4.69) is 22.0 Å². The van der Waals surface area contributed by atoms with Crippen molar-refractivity contribution >= 4 is 11.8 Å². The Kier molecular flexibility index (Phi) is 3.75. The molecule has 3 atom stereocenters. The van der Waals surface area contributed by atoms with Gasteiger partial charge in [0.15, 0.2) is 0 Å². The van der Waals surface area contributed by atoms with Gasteiger partial charge in [0.25, 0.3) is 0 Å². The Balaban J connectivity index is 1.56. The lowest BCUT2D eigenvalue weighted by Crippen LogP contribution is -2.47. The van der Waals surface area contributed by atoms with Gasteiger partial charge in [-0.25, -0.2) is 0 Å². The summed E-state index contributed by atoms with van der Waals surface area (Å²) >= 11 is 2.15. The number of nitrogens with one attached hydrogen (secondary N) is 1. The maximum absolute atomic E-state index is 3.71. The van der Waals surface area contributed by atoms with Crippen LogP contribution in [0.2, 0.25) is 0 Å². The monoisotopic (exact) mass is 240 g/mol. The number of rotatable bonds is 2. The van der Waals surface area contributed by atoms with Crippen LogP contribution in [0.5, 0.6) is 0 Å². The number of hydrogen-bond donors (Lipinski definition) is 1. The maximum atomic E-state index is 3.71. The average Bonchev–Trinajstić information content (AvgIpc) is 3.03. The molecule has 0 radical (unpaired) electrons. The van der Waals surface area contributed by atoms with Crippen molar-refractivity contribution in [2.75, 3.05) is 31.1 Å². The van der Waals surface area contributed by atoms with Crippen LogP contribution >= 0.6 is 11.8 Å². The van der Waals surface area contributed by atoms with E-state index < -0.39 is 0 Å². The number of likely N-dealkylation sites (tertiary alicyclic amines) is 1. The zero-order chi connectivity index (χ0) is 10.8. The molecule has 0 aromatic heterocycles. The maximum Gasteiger partial charge on any atom is 0.0194 e. The molecule has 0 bridgehead atoms. The number of hydrogen-bond acceptors (Lipinski definition) is 3. The molecule has 0 amide bonds. The molecule has 92 valence electrons. The second-order valence-electron chi connectivity index (χ2n) is 5.62. The van der Waals surface area contributed by atoms with Crippen LogP contribution in [0.4, 0.5) is 0 Å². The summed E-state index contributed by atoms with van der Waals surface area (Å²) in [5, 5.41) is 3.71. The Morgan fingerprint density at radius 2 is 2.12 bits per heavy atom. The summed E-state index contributed by atoms with van der Waals surface area (Å²) in [4.78, 5) is 2.80. The van der Waals surface area contributed by atoms with E-state index in [0.29, 0.717) is 0 Å². The van der Waals surface area contributed by atoms with Gasteiger partial charge in [0.1, 0.15) is 0 Å². The Morgan fingerprint density at radius 3 is 2.88 bits per heavy atom. The molecule has 3 aliphatic heterocycles. The van der Waals surface area contributed by atoms with Crippen molar-refractivity contribution in [1.82, 2.24) is 10.2 Å². The lowest BCUT2D eigenvalue weighted by Gasteiger charge is -2.38. The summed E-state index contributed by atoms with van der Waals surface area (Å²) in [6.45, 7) is 4.01. The molecule has 3 heterocycles. The predicted octanol–water partition coefficient (Wildman–Crippen LogP) is 1.96. The Hall–Kier alpha value is 0.270. The quantitative estimate of drug-likeness (QED) is 0.794. The highest BCUT2D eigenvalue weighted by Gasteiger charge is 2.32. The van der Waals surface area contributed by atoms with E-state index in [1.54, 1.807) is 0 Å². The molecule has 3 fully saturated rings. The van der Waals surface area contributed by atoms with E-state index in [1.165, 1.54) is 63.2 Å². The van der Waals surface area contributed by atoms with Crippen LogP contribution in [0.3, 0.4) is 0 Å². The van der Waals surface area contributed by atoms with Crippen molar-refractivity contribution in [3.05, 3.63) is 0 Å². The molecule has 1 N–H and O–H groups in total. The van der Waals surface area contributed by atoms with Gasteiger partial charge in [-0.2, -0.15) is 11.8 Å². The second kappa shape index (κ2) is 5.28. The first-order valence-electron chi connectivity index (χ1n) is 6.98. The van der Waals surface area contributed by atoms with E-state index in [9.17, 15) is 0 Å². The van der Waals surface area contributed by atoms with Crippen LogP contribution in [0.1, 0.15) is 32.1 Å². The largest absolute Gasteiger partial charge is 0.314 e. The summed E-state index contributed by atoms with van der Waals surface area (Å²) in [5.41, 5.74) is 0. The van der Waals surface area contributed by atoms with Crippen molar-refractivity contribution < 1.29 is 0 Å². The molecule has 3 heteroatoms. The minimum Gasteiger partial charge on any atom is -0.314 e. The van der Waals surface area contributed by atoms with Gasteiger partial charge in [0.2, 0.25) is 0 Å². The second-order valence-corrected chi connectivity index (χ2v) is 6.77.